The summed E-state index contributed by atoms with van der Waals surface area (Å²) in [5, 5.41) is 2.95. The molecule has 3 amide bonds. The van der Waals surface area contributed by atoms with Crippen LogP contribution in [0.4, 0.5) is 0 Å². The Morgan fingerprint density at radius 1 is 1.15 bits per heavy atom. The molecule has 2 fully saturated rings. The molecule has 8 nitrogen and oxygen atoms in total. The highest BCUT2D eigenvalue weighted by Gasteiger charge is 2.54. The van der Waals surface area contributed by atoms with Crippen LogP contribution in [0.25, 0.3) is 0 Å². The molecule has 0 saturated carbocycles. The van der Waals surface area contributed by atoms with Crippen molar-refractivity contribution < 1.29 is 23.9 Å². The summed E-state index contributed by atoms with van der Waals surface area (Å²) in [6, 6.07) is 6.15. The maximum Gasteiger partial charge on any atom is 0.256 e. The smallest absolute Gasteiger partial charge is 0.256 e. The molecule has 2 aliphatic rings. The molecule has 2 aliphatic heterocycles. The van der Waals surface area contributed by atoms with Gasteiger partial charge in [0.1, 0.15) is 17.5 Å². The fourth-order valence-electron chi connectivity index (χ4n) is 4.40. The van der Waals surface area contributed by atoms with Crippen LogP contribution in [-0.4, -0.2) is 72.6 Å². The zero-order chi connectivity index (χ0) is 24.4. The van der Waals surface area contributed by atoms with Gasteiger partial charge in [-0.2, -0.15) is 0 Å². The topological polar surface area (TPSA) is 88.2 Å². The number of ether oxygens (including phenoxy) is 2. The maximum absolute atomic E-state index is 13.7. The highest BCUT2D eigenvalue weighted by Crippen LogP contribution is 2.39. The first-order valence-corrected chi connectivity index (χ1v) is 11.7. The maximum atomic E-state index is 13.7. The number of methoxy groups -OCH3 is 1. The van der Waals surface area contributed by atoms with Gasteiger partial charge < -0.3 is 19.7 Å². The lowest BCUT2D eigenvalue weighted by Gasteiger charge is -2.45. The lowest BCUT2D eigenvalue weighted by atomic mass is 9.91. The number of carbonyl (C=O) groups excluding carboxylic acids is 3. The van der Waals surface area contributed by atoms with Crippen molar-refractivity contribution in [2.24, 2.45) is 11.3 Å². The molecule has 0 radical (unpaired) electrons. The number of hydrogen-bond acceptors (Lipinski definition) is 5. The molecule has 1 aromatic carbocycles. The molecule has 0 aromatic heterocycles. The van der Waals surface area contributed by atoms with Crippen molar-refractivity contribution in [1.29, 1.82) is 0 Å². The third kappa shape index (κ3) is 5.32. The van der Waals surface area contributed by atoms with Crippen LogP contribution in [0.3, 0.4) is 0 Å². The molecule has 0 aliphatic carbocycles. The summed E-state index contributed by atoms with van der Waals surface area (Å²) in [6.45, 7) is 11.4. The van der Waals surface area contributed by atoms with Gasteiger partial charge in [-0.05, 0) is 30.2 Å². The summed E-state index contributed by atoms with van der Waals surface area (Å²) in [6.07, 6.45) is 0.926. The molecule has 33 heavy (non-hydrogen) atoms. The highest BCUT2D eigenvalue weighted by atomic mass is 16.5. The Hall–Kier alpha value is -2.61. The third-order valence-corrected chi connectivity index (χ3v) is 6.28. The van der Waals surface area contributed by atoms with Gasteiger partial charge >= 0.3 is 0 Å². The number of nitrogens with zero attached hydrogens (tertiary/aromatic N) is 2. The molecule has 1 aromatic rings. The number of likely N-dealkylation sites (tertiary alicyclic amines) is 1. The van der Waals surface area contributed by atoms with Crippen molar-refractivity contribution in [3.05, 3.63) is 29.8 Å². The average molecular weight is 460 g/mol. The van der Waals surface area contributed by atoms with Gasteiger partial charge in [-0.1, -0.05) is 34.6 Å². The first kappa shape index (κ1) is 25.0. The van der Waals surface area contributed by atoms with E-state index in [0.717, 1.165) is 0 Å². The summed E-state index contributed by atoms with van der Waals surface area (Å²) in [4.78, 5) is 43.0. The zero-order valence-corrected chi connectivity index (χ0v) is 20.6. The minimum Gasteiger partial charge on any atom is -0.497 e. The normalized spacial score (nSPS) is 20.3. The second-order valence-electron chi connectivity index (χ2n) is 10.4. The van der Waals surface area contributed by atoms with Crippen LogP contribution in [0.2, 0.25) is 0 Å². The van der Waals surface area contributed by atoms with Crippen LogP contribution < -0.4 is 10.1 Å². The molecule has 1 atom stereocenters. The number of rotatable bonds is 5. The Morgan fingerprint density at radius 2 is 1.76 bits per heavy atom. The van der Waals surface area contributed by atoms with E-state index >= 15 is 0 Å². The van der Waals surface area contributed by atoms with E-state index in [2.05, 4.69) is 5.32 Å². The van der Waals surface area contributed by atoms with Gasteiger partial charge in [-0.3, -0.25) is 19.3 Å². The number of piperidine rings is 1. The first-order chi connectivity index (χ1) is 15.5. The second kappa shape index (κ2) is 9.71. The van der Waals surface area contributed by atoms with Crippen molar-refractivity contribution in [3.63, 3.8) is 0 Å². The molecule has 1 unspecified atom stereocenters. The lowest BCUT2D eigenvalue weighted by Crippen LogP contribution is -2.60. The van der Waals surface area contributed by atoms with E-state index < -0.39 is 17.2 Å². The second-order valence-corrected chi connectivity index (χ2v) is 10.4. The molecular weight excluding hydrogens is 422 g/mol. The van der Waals surface area contributed by atoms with Gasteiger partial charge in [-0.25, -0.2) is 0 Å². The van der Waals surface area contributed by atoms with Crippen LogP contribution in [0, 0.1) is 11.3 Å². The van der Waals surface area contributed by atoms with Crippen molar-refractivity contribution in [3.8, 4) is 5.75 Å². The summed E-state index contributed by atoms with van der Waals surface area (Å²) in [5.41, 5.74) is -0.916. The Labute approximate surface area is 196 Å². The van der Waals surface area contributed by atoms with Gasteiger partial charge in [0.05, 0.1) is 13.7 Å². The van der Waals surface area contributed by atoms with E-state index in [1.165, 1.54) is 0 Å². The van der Waals surface area contributed by atoms with Gasteiger partial charge in [0.15, 0.2) is 0 Å². The average Bonchev–Trinajstić information content (AvgIpc) is 3.15. The molecular formula is C25H37N3O5. The van der Waals surface area contributed by atoms with Crippen LogP contribution in [-0.2, 0) is 14.3 Å². The molecule has 182 valence electrons. The van der Waals surface area contributed by atoms with Crippen molar-refractivity contribution in [2.75, 3.05) is 33.4 Å². The number of amides is 3. The quantitative estimate of drug-likeness (QED) is 0.731. The Morgan fingerprint density at radius 3 is 2.27 bits per heavy atom. The first-order valence-electron chi connectivity index (χ1n) is 11.7. The van der Waals surface area contributed by atoms with Crippen LogP contribution in [0.15, 0.2) is 24.3 Å². The fourth-order valence-corrected chi connectivity index (χ4v) is 4.40. The molecule has 1 spiro atoms. The molecule has 0 bridgehead atoms. The fraction of sp³-hybridized carbons (Fsp3) is 0.640. The van der Waals surface area contributed by atoms with E-state index in [9.17, 15) is 14.4 Å². The standard InChI is InChI=1S/C25H37N3O5/c1-17(2)15-26-21(29)20-16-33-25(11-13-27(14-12-25)23(31)24(3,4)5)28(20)22(30)18-7-9-19(32-6)10-8-18/h7-10,17,20H,11-16H2,1-6H3,(H,26,29). The number of benzene rings is 1. The number of nitrogens with one attached hydrogen (secondary N) is 1. The summed E-state index contributed by atoms with van der Waals surface area (Å²) >= 11 is 0. The van der Waals surface area contributed by atoms with Gasteiger partial charge in [-0.15, -0.1) is 0 Å². The third-order valence-electron chi connectivity index (χ3n) is 6.28. The molecule has 2 heterocycles. The largest absolute Gasteiger partial charge is 0.497 e. The number of hydrogen-bond donors (Lipinski definition) is 1. The number of carbonyl (C=O) groups is 3. The van der Waals surface area contributed by atoms with E-state index in [4.69, 9.17) is 9.47 Å². The Bertz CT molecular complexity index is 867. The lowest BCUT2D eigenvalue weighted by molar-refractivity contribution is -0.150. The van der Waals surface area contributed by atoms with E-state index in [0.29, 0.717) is 49.7 Å². The molecule has 2 saturated heterocycles. The van der Waals surface area contributed by atoms with Crippen molar-refractivity contribution >= 4 is 17.7 Å². The Kier molecular flexibility index (Phi) is 7.36. The molecule has 8 heteroatoms. The van der Waals surface area contributed by atoms with E-state index in [-0.39, 0.29) is 24.3 Å². The van der Waals surface area contributed by atoms with Crippen molar-refractivity contribution in [2.45, 2.75) is 59.2 Å². The van der Waals surface area contributed by atoms with E-state index in [1.54, 1.807) is 36.3 Å². The van der Waals surface area contributed by atoms with Crippen LogP contribution in [0.1, 0.15) is 57.8 Å². The van der Waals surface area contributed by atoms with Gasteiger partial charge in [0.25, 0.3) is 5.91 Å². The van der Waals surface area contributed by atoms with Gasteiger partial charge in [0.2, 0.25) is 11.8 Å². The van der Waals surface area contributed by atoms with Gasteiger partial charge in [0, 0.05) is 43.5 Å². The van der Waals surface area contributed by atoms with Crippen LogP contribution in [0.5, 0.6) is 5.75 Å². The minimum atomic E-state index is -0.911. The molecule has 3 rings (SSSR count). The Balaban J connectivity index is 1.86. The van der Waals surface area contributed by atoms with E-state index in [1.807, 2.05) is 39.5 Å². The zero-order valence-electron chi connectivity index (χ0n) is 20.6. The summed E-state index contributed by atoms with van der Waals surface area (Å²) in [7, 11) is 1.57. The predicted octanol–water partition coefficient (Wildman–Crippen LogP) is 2.67. The highest BCUT2D eigenvalue weighted by molar-refractivity contribution is 5.98. The predicted molar refractivity (Wildman–Crippen MR) is 125 cm³/mol. The monoisotopic (exact) mass is 459 g/mol. The molecule has 1 N–H and O–H groups in total. The van der Waals surface area contributed by atoms with Crippen molar-refractivity contribution in [1.82, 2.24) is 15.1 Å². The summed E-state index contributed by atoms with van der Waals surface area (Å²) < 4.78 is 11.4. The van der Waals surface area contributed by atoms with Crippen LogP contribution >= 0.6 is 0 Å². The minimum absolute atomic E-state index is 0.0783. The SMILES string of the molecule is COc1ccc(C(=O)N2C(C(=O)NCC(C)C)COC23CCN(C(=O)C(C)(C)C)CC3)cc1. The summed E-state index contributed by atoms with van der Waals surface area (Å²) in [5.74, 6) is 0.558.